The number of anilines is 1. The first-order valence-electron chi connectivity index (χ1n) is 4.93. The molecule has 0 aliphatic heterocycles. The van der Waals surface area contributed by atoms with Gasteiger partial charge < -0.3 is 5.73 Å². The van der Waals surface area contributed by atoms with Crippen molar-refractivity contribution in [2.45, 2.75) is 19.8 Å². The Hall–Kier alpha value is -1.91. The molecule has 0 fully saturated rings. The highest BCUT2D eigenvalue weighted by Crippen LogP contribution is 2.10. The third-order valence-corrected chi connectivity index (χ3v) is 2.06. The zero-order valence-corrected chi connectivity index (χ0v) is 8.59. The molecule has 2 aromatic heterocycles. The predicted molar refractivity (Wildman–Crippen MR) is 57.6 cm³/mol. The zero-order chi connectivity index (χ0) is 10.7. The fourth-order valence-corrected chi connectivity index (χ4v) is 1.37. The predicted octanol–water partition coefficient (Wildman–Crippen LogP) is 1.20. The quantitative estimate of drug-likeness (QED) is 0.813. The lowest BCUT2D eigenvalue weighted by molar-refractivity contribution is 0.800. The molecule has 0 bridgehead atoms. The van der Waals surface area contributed by atoms with Gasteiger partial charge in [-0.2, -0.15) is 9.67 Å². The van der Waals surface area contributed by atoms with Gasteiger partial charge in [0, 0.05) is 18.8 Å². The molecule has 0 aliphatic carbocycles. The molecule has 0 spiro atoms. The molecule has 0 saturated heterocycles. The second-order valence-electron chi connectivity index (χ2n) is 3.25. The topological polar surface area (TPSA) is 69.6 Å². The summed E-state index contributed by atoms with van der Waals surface area (Å²) in [5.74, 6) is 1.21. The van der Waals surface area contributed by atoms with Gasteiger partial charge in [-0.15, -0.1) is 5.10 Å². The van der Waals surface area contributed by atoms with Crippen LogP contribution in [0.3, 0.4) is 0 Å². The van der Waals surface area contributed by atoms with Gasteiger partial charge in [-0.05, 0) is 18.6 Å². The summed E-state index contributed by atoms with van der Waals surface area (Å²) < 4.78 is 1.63. The van der Waals surface area contributed by atoms with Gasteiger partial charge in [0.25, 0.3) is 0 Å². The first-order valence-corrected chi connectivity index (χ1v) is 4.93. The van der Waals surface area contributed by atoms with Crippen LogP contribution in [0.4, 0.5) is 5.95 Å². The first kappa shape index (κ1) is 9.64. The Balaban J connectivity index is 2.36. The Morgan fingerprint density at radius 2 is 2.07 bits per heavy atom. The normalized spacial score (nSPS) is 10.5. The van der Waals surface area contributed by atoms with Crippen molar-refractivity contribution in [3.05, 3.63) is 30.4 Å². The molecule has 15 heavy (non-hydrogen) atoms. The van der Waals surface area contributed by atoms with Crippen molar-refractivity contribution in [1.29, 1.82) is 0 Å². The minimum Gasteiger partial charge on any atom is -0.368 e. The Morgan fingerprint density at radius 1 is 1.33 bits per heavy atom. The van der Waals surface area contributed by atoms with Crippen LogP contribution in [-0.2, 0) is 6.42 Å². The van der Waals surface area contributed by atoms with Gasteiger partial charge in [0.2, 0.25) is 5.95 Å². The second kappa shape index (κ2) is 4.08. The Bertz CT molecular complexity index is 434. The van der Waals surface area contributed by atoms with Crippen molar-refractivity contribution in [3.8, 4) is 5.69 Å². The van der Waals surface area contributed by atoms with Crippen LogP contribution in [0.2, 0.25) is 0 Å². The summed E-state index contributed by atoms with van der Waals surface area (Å²) in [5.41, 5.74) is 6.66. The summed E-state index contributed by atoms with van der Waals surface area (Å²) in [4.78, 5) is 8.13. The maximum Gasteiger partial charge on any atom is 0.223 e. The minimum atomic E-state index is 0.421. The molecular formula is C10H13N5. The molecular weight excluding hydrogens is 190 g/mol. The van der Waals surface area contributed by atoms with Gasteiger partial charge in [0.15, 0.2) is 5.82 Å². The number of aromatic nitrogens is 4. The van der Waals surface area contributed by atoms with Crippen LogP contribution < -0.4 is 5.73 Å². The van der Waals surface area contributed by atoms with Crippen LogP contribution in [0.25, 0.3) is 5.69 Å². The number of nitrogens with two attached hydrogens (primary N) is 1. The molecule has 0 atom stereocenters. The molecule has 2 aromatic rings. The van der Waals surface area contributed by atoms with Gasteiger partial charge in [-0.1, -0.05) is 6.92 Å². The maximum atomic E-state index is 5.77. The average Bonchev–Trinajstić information content (AvgIpc) is 2.61. The number of aryl methyl sites for hydroxylation is 1. The van der Waals surface area contributed by atoms with E-state index in [0.717, 1.165) is 24.4 Å². The zero-order valence-electron chi connectivity index (χ0n) is 8.59. The molecule has 0 aliphatic rings. The Labute approximate surface area is 88.0 Å². The SMILES string of the molecule is CCCc1nc(N)n(-c2ccncc2)n1. The molecule has 2 rings (SSSR count). The number of nitrogens with zero attached hydrogens (tertiary/aromatic N) is 4. The molecule has 78 valence electrons. The molecule has 0 radical (unpaired) electrons. The van der Waals surface area contributed by atoms with Gasteiger partial charge in [0.1, 0.15) is 0 Å². The van der Waals surface area contributed by atoms with E-state index in [0.29, 0.717) is 5.95 Å². The van der Waals surface area contributed by atoms with Gasteiger partial charge in [-0.3, -0.25) is 4.98 Å². The van der Waals surface area contributed by atoms with Crippen LogP contribution in [0.5, 0.6) is 0 Å². The number of pyridine rings is 1. The molecule has 5 nitrogen and oxygen atoms in total. The summed E-state index contributed by atoms with van der Waals surface area (Å²) in [5, 5.41) is 4.32. The number of rotatable bonds is 3. The van der Waals surface area contributed by atoms with Crippen LogP contribution >= 0.6 is 0 Å². The van der Waals surface area contributed by atoms with Gasteiger partial charge in [0.05, 0.1) is 5.69 Å². The molecule has 5 heteroatoms. The largest absolute Gasteiger partial charge is 0.368 e. The summed E-state index contributed by atoms with van der Waals surface area (Å²) in [6, 6.07) is 3.70. The second-order valence-corrected chi connectivity index (χ2v) is 3.25. The highest BCUT2D eigenvalue weighted by Gasteiger charge is 2.07. The van der Waals surface area contributed by atoms with E-state index < -0.39 is 0 Å². The maximum absolute atomic E-state index is 5.77. The lowest BCUT2D eigenvalue weighted by atomic mass is 10.3. The average molecular weight is 203 g/mol. The summed E-state index contributed by atoms with van der Waals surface area (Å²) in [6.07, 6.45) is 5.27. The molecule has 0 aromatic carbocycles. The van der Waals surface area contributed by atoms with Crippen molar-refractivity contribution in [1.82, 2.24) is 19.7 Å². The lowest BCUT2D eigenvalue weighted by Gasteiger charge is -2.00. The van der Waals surface area contributed by atoms with E-state index in [9.17, 15) is 0 Å². The van der Waals surface area contributed by atoms with Gasteiger partial charge in [-0.25, -0.2) is 0 Å². The van der Waals surface area contributed by atoms with Crippen LogP contribution in [-0.4, -0.2) is 19.7 Å². The van der Waals surface area contributed by atoms with E-state index in [1.54, 1.807) is 17.1 Å². The highest BCUT2D eigenvalue weighted by molar-refractivity contribution is 5.35. The Morgan fingerprint density at radius 3 is 2.73 bits per heavy atom. The van der Waals surface area contributed by atoms with E-state index in [1.807, 2.05) is 12.1 Å². The van der Waals surface area contributed by atoms with Gasteiger partial charge >= 0.3 is 0 Å². The summed E-state index contributed by atoms with van der Waals surface area (Å²) in [6.45, 7) is 2.09. The molecule has 0 saturated carbocycles. The van der Waals surface area contributed by atoms with E-state index in [-0.39, 0.29) is 0 Å². The van der Waals surface area contributed by atoms with Crippen molar-refractivity contribution in [2.75, 3.05) is 5.73 Å². The fourth-order valence-electron chi connectivity index (χ4n) is 1.37. The fraction of sp³-hybridized carbons (Fsp3) is 0.300. The smallest absolute Gasteiger partial charge is 0.223 e. The van der Waals surface area contributed by atoms with Crippen LogP contribution in [0.15, 0.2) is 24.5 Å². The number of hydrogen-bond acceptors (Lipinski definition) is 4. The highest BCUT2D eigenvalue weighted by atomic mass is 15.4. The number of nitrogen functional groups attached to an aromatic ring is 1. The lowest BCUT2D eigenvalue weighted by Crippen LogP contribution is -2.02. The van der Waals surface area contributed by atoms with Crippen molar-refractivity contribution >= 4 is 5.95 Å². The monoisotopic (exact) mass is 203 g/mol. The van der Waals surface area contributed by atoms with E-state index in [2.05, 4.69) is 22.0 Å². The van der Waals surface area contributed by atoms with E-state index in [4.69, 9.17) is 5.73 Å². The third-order valence-electron chi connectivity index (χ3n) is 2.06. The van der Waals surface area contributed by atoms with Crippen molar-refractivity contribution in [2.24, 2.45) is 0 Å². The van der Waals surface area contributed by atoms with E-state index >= 15 is 0 Å². The van der Waals surface area contributed by atoms with Crippen LogP contribution in [0, 0.1) is 0 Å². The minimum absolute atomic E-state index is 0.421. The summed E-state index contributed by atoms with van der Waals surface area (Å²) in [7, 11) is 0. The molecule has 2 N–H and O–H groups in total. The number of hydrogen-bond donors (Lipinski definition) is 1. The standard InChI is InChI=1S/C10H13N5/c1-2-3-9-13-10(11)15(14-9)8-4-6-12-7-5-8/h4-7H,2-3H2,1H3,(H2,11,13,14). The summed E-state index contributed by atoms with van der Waals surface area (Å²) >= 11 is 0. The van der Waals surface area contributed by atoms with Crippen LogP contribution in [0.1, 0.15) is 19.2 Å². The first-order chi connectivity index (χ1) is 7.31. The van der Waals surface area contributed by atoms with Crippen molar-refractivity contribution < 1.29 is 0 Å². The van der Waals surface area contributed by atoms with Crippen molar-refractivity contribution in [3.63, 3.8) is 0 Å². The Kier molecular flexibility index (Phi) is 2.62. The third kappa shape index (κ3) is 1.96. The molecule has 0 unspecified atom stereocenters. The molecule has 2 heterocycles. The van der Waals surface area contributed by atoms with E-state index in [1.165, 1.54) is 0 Å². The molecule has 0 amide bonds.